The van der Waals surface area contributed by atoms with Crippen LogP contribution in [0.2, 0.25) is 0 Å². The first kappa shape index (κ1) is 8.66. The van der Waals surface area contributed by atoms with E-state index in [0.717, 1.165) is 11.8 Å². The highest BCUT2D eigenvalue weighted by Gasteiger charge is 2.77. The van der Waals surface area contributed by atoms with Gasteiger partial charge in [-0.3, -0.25) is 0 Å². The standard InChI is InChI=1S/C13H13N3/c14-16-15-13-11-9-7-5-3-1-2-4-6-8(7)10(9)12(11)13/h1-13H/b2-1-,5-3-,6-4-. The third-order valence-electron chi connectivity index (χ3n) is 4.94. The molecule has 0 heterocycles. The summed E-state index contributed by atoms with van der Waals surface area (Å²) < 4.78 is 0. The predicted molar refractivity (Wildman–Crippen MR) is 61.3 cm³/mol. The summed E-state index contributed by atoms with van der Waals surface area (Å²) in [5.74, 6) is 4.43. The molecule has 16 heavy (non-hydrogen) atoms. The molecule has 6 atom stereocenters. The van der Waals surface area contributed by atoms with Gasteiger partial charge in [0.2, 0.25) is 0 Å². The molecule has 4 aliphatic carbocycles. The Morgan fingerprint density at radius 1 is 0.812 bits per heavy atom. The first-order valence-corrected chi connectivity index (χ1v) is 5.99. The number of hydrogen-bond donors (Lipinski definition) is 0. The summed E-state index contributed by atoms with van der Waals surface area (Å²) in [6, 6.07) is 0.322. The number of allylic oxidation sites excluding steroid dienone is 6. The molecule has 0 aromatic rings. The highest BCUT2D eigenvalue weighted by atomic mass is 15.2. The van der Waals surface area contributed by atoms with E-state index < -0.39 is 0 Å². The van der Waals surface area contributed by atoms with Crippen molar-refractivity contribution >= 4 is 0 Å². The molecule has 0 radical (unpaired) electrons. The van der Waals surface area contributed by atoms with Crippen LogP contribution in [0.25, 0.3) is 10.4 Å². The van der Waals surface area contributed by atoms with Crippen molar-refractivity contribution in [1.29, 1.82) is 0 Å². The lowest BCUT2D eigenvalue weighted by atomic mass is 9.47. The van der Waals surface area contributed by atoms with Gasteiger partial charge in [-0.25, -0.2) is 0 Å². The minimum Gasteiger partial charge on any atom is -0.0900 e. The molecule has 80 valence electrons. The topological polar surface area (TPSA) is 48.8 Å². The van der Waals surface area contributed by atoms with E-state index in [1.807, 2.05) is 0 Å². The molecule has 3 nitrogen and oxygen atoms in total. The SMILES string of the molecule is [N-]=[N+]=NC1C2C3C4\C=C/C=C\C=C/C4C3C12. The lowest BCUT2D eigenvalue weighted by Gasteiger charge is -2.57. The number of azide groups is 1. The second kappa shape index (κ2) is 2.80. The second-order valence-corrected chi connectivity index (χ2v) is 5.31. The van der Waals surface area contributed by atoms with Gasteiger partial charge < -0.3 is 0 Å². The molecule has 0 aromatic heterocycles. The van der Waals surface area contributed by atoms with E-state index in [0.29, 0.717) is 29.7 Å². The van der Waals surface area contributed by atoms with Gasteiger partial charge in [-0.2, -0.15) is 0 Å². The van der Waals surface area contributed by atoms with Crippen LogP contribution in [0.15, 0.2) is 41.6 Å². The van der Waals surface area contributed by atoms with Gasteiger partial charge in [0.1, 0.15) is 0 Å². The van der Waals surface area contributed by atoms with E-state index in [2.05, 4.69) is 46.5 Å². The molecule has 6 unspecified atom stereocenters. The van der Waals surface area contributed by atoms with Crippen LogP contribution >= 0.6 is 0 Å². The molecular formula is C13H13N3. The molecule has 0 spiro atoms. The quantitative estimate of drug-likeness (QED) is 0.363. The average molecular weight is 211 g/mol. The van der Waals surface area contributed by atoms with Crippen LogP contribution in [-0.2, 0) is 0 Å². The molecule has 3 saturated carbocycles. The zero-order chi connectivity index (χ0) is 10.7. The van der Waals surface area contributed by atoms with Crippen molar-refractivity contribution in [3.8, 4) is 0 Å². The maximum Gasteiger partial charge on any atom is 0.0442 e. The third kappa shape index (κ3) is 0.840. The van der Waals surface area contributed by atoms with Crippen LogP contribution in [0.3, 0.4) is 0 Å². The van der Waals surface area contributed by atoms with Gasteiger partial charge in [0.25, 0.3) is 0 Å². The molecule has 4 aliphatic rings. The van der Waals surface area contributed by atoms with E-state index >= 15 is 0 Å². The maximum absolute atomic E-state index is 8.50. The first-order chi connectivity index (χ1) is 7.93. The van der Waals surface area contributed by atoms with Gasteiger partial charge in [-0.05, 0) is 41.0 Å². The molecule has 4 rings (SSSR count). The molecule has 0 aromatic carbocycles. The minimum atomic E-state index is 0.322. The largest absolute Gasteiger partial charge is 0.0900 e. The zero-order valence-corrected chi connectivity index (χ0v) is 8.85. The van der Waals surface area contributed by atoms with Gasteiger partial charge in [0.05, 0.1) is 0 Å². The van der Waals surface area contributed by atoms with Crippen molar-refractivity contribution in [3.63, 3.8) is 0 Å². The smallest absolute Gasteiger partial charge is 0.0442 e. The summed E-state index contributed by atoms with van der Waals surface area (Å²) >= 11 is 0. The van der Waals surface area contributed by atoms with E-state index in [4.69, 9.17) is 5.53 Å². The molecule has 3 heteroatoms. The fourth-order valence-electron chi connectivity index (χ4n) is 4.31. The Kier molecular flexibility index (Phi) is 1.52. The summed E-state index contributed by atoms with van der Waals surface area (Å²) in [5.41, 5.74) is 8.50. The van der Waals surface area contributed by atoms with Crippen LogP contribution in [-0.4, -0.2) is 6.04 Å². The van der Waals surface area contributed by atoms with Gasteiger partial charge >= 0.3 is 0 Å². The highest BCUT2D eigenvalue weighted by Crippen LogP contribution is 2.77. The fraction of sp³-hybridized carbons (Fsp3) is 0.538. The van der Waals surface area contributed by atoms with Crippen molar-refractivity contribution in [3.05, 3.63) is 46.9 Å². The lowest BCUT2D eigenvalue weighted by Crippen LogP contribution is -2.53. The number of fused-ring (bicyclic) bond motifs is 7. The van der Waals surface area contributed by atoms with Crippen molar-refractivity contribution in [2.24, 2.45) is 40.6 Å². The normalized spacial score (nSPS) is 60.1. The van der Waals surface area contributed by atoms with Crippen molar-refractivity contribution in [1.82, 2.24) is 0 Å². The monoisotopic (exact) mass is 211 g/mol. The zero-order valence-electron chi connectivity index (χ0n) is 8.85. The molecule has 0 aliphatic heterocycles. The molecule has 0 saturated heterocycles. The summed E-state index contributed by atoms with van der Waals surface area (Å²) in [4.78, 5) is 2.97. The molecule has 3 fully saturated rings. The Labute approximate surface area is 94.2 Å². The molecule has 0 amide bonds. The van der Waals surface area contributed by atoms with Gasteiger partial charge in [-0.15, -0.1) is 0 Å². The highest BCUT2D eigenvalue weighted by molar-refractivity contribution is 5.34. The Balaban J connectivity index is 1.62. The van der Waals surface area contributed by atoms with Crippen LogP contribution in [0, 0.1) is 35.5 Å². The fourth-order valence-corrected chi connectivity index (χ4v) is 4.31. The van der Waals surface area contributed by atoms with Crippen molar-refractivity contribution < 1.29 is 0 Å². The van der Waals surface area contributed by atoms with E-state index in [-0.39, 0.29) is 0 Å². The summed E-state index contributed by atoms with van der Waals surface area (Å²) in [5, 5.41) is 3.92. The Bertz CT molecular complexity index is 436. The van der Waals surface area contributed by atoms with Crippen LogP contribution in [0.4, 0.5) is 0 Å². The number of nitrogens with zero attached hydrogens (tertiary/aromatic N) is 3. The number of hydrogen-bond acceptors (Lipinski definition) is 1. The number of rotatable bonds is 1. The molecule has 0 N–H and O–H groups in total. The van der Waals surface area contributed by atoms with E-state index in [1.165, 1.54) is 0 Å². The predicted octanol–water partition coefficient (Wildman–Crippen LogP) is 3.09. The van der Waals surface area contributed by atoms with Crippen molar-refractivity contribution in [2.75, 3.05) is 0 Å². The Hall–Kier alpha value is -1.47. The molecular weight excluding hydrogens is 198 g/mol. The van der Waals surface area contributed by atoms with E-state index in [1.54, 1.807) is 0 Å². The average Bonchev–Trinajstić information content (AvgIpc) is 2.82. The lowest BCUT2D eigenvalue weighted by molar-refractivity contribution is -0.0629. The Morgan fingerprint density at radius 3 is 1.88 bits per heavy atom. The second-order valence-electron chi connectivity index (χ2n) is 5.31. The van der Waals surface area contributed by atoms with Gasteiger partial charge in [0.15, 0.2) is 0 Å². The summed E-state index contributed by atoms with van der Waals surface area (Å²) in [6.07, 6.45) is 13.2. The summed E-state index contributed by atoms with van der Waals surface area (Å²) in [6.45, 7) is 0. The Morgan fingerprint density at radius 2 is 1.38 bits per heavy atom. The van der Waals surface area contributed by atoms with Crippen LogP contribution in [0.5, 0.6) is 0 Å². The maximum atomic E-state index is 8.50. The minimum absolute atomic E-state index is 0.322. The van der Waals surface area contributed by atoms with Crippen molar-refractivity contribution in [2.45, 2.75) is 6.04 Å². The third-order valence-corrected chi connectivity index (χ3v) is 4.94. The van der Waals surface area contributed by atoms with E-state index in [9.17, 15) is 0 Å². The van der Waals surface area contributed by atoms with Crippen LogP contribution in [0.1, 0.15) is 0 Å². The summed E-state index contributed by atoms with van der Waals surface area (Å²) in [7, 11) is 0. The first-order valence-electron chi connectivity index (χ1n) is 5.99. The molecule has 0 bridgehead atoms. The van der Waals surface area contributed by atoms with Gasteiger partial charge in [0, 0.05) is 11.0 Å². The van der Waals surface area contributed by atoms with Crippen LogP contribution < -0.4 is 0 Å². The van der Waals surface area contributed by atoms with Gasteiger partial charge in [-0.1, -0.05) is 41.6 Å².